The lowest BCUT2D eigenvalue weighted by atomic mass is 10.1. The highest BCUT2D eigenvalue weighted by Gasteiger charge is 2.22. The lowest BCUT2D eigenvalue weighted by molar-refractivity contribution is -0.130. The first-order chi connectivity index (χ1) is 11.1. The van der Waals surface area contributed by atoms with Gasteiger partial charge in [0.25, 0.3) is 5.91 Å². The van der Waals surface area contributed by atoms with E-state index in [0.29, 0.717) is 24.4 Å². The van der Waals surface area contributed by atoms with E-state index in [4.69, 9.17) is 0 Å². The van der Waals surface area contributed by atoms with Crippen molar-refractivity contribution in [2.45, 2.75) is 19.4 Å². The summed E-state index contributed by atoms with van der Waals surface area (Å²) in [5.41, 5.74) is 1.26. The number of nitrogens with one attached hydrogen (secondary N) is 1. The third-order valence-corrected chi connectivity index (χ3v) is 3.53. The number of hydrogen-bond donors (Lipinski definition) is 1. The van der Waals surface area contributed by atoms with Gasteiger partial charge in [-0.1, -0.05) is 18.2 Å². The molecule has 0 fully saturated rings. The second-order valence-electron chi connectivity index (χ2n) is 5.10. The van der Waals surface area contributed by atoms with Crippen LogP contribution in [-0.4, -0.2) is 44.3 Å². The maximum absolute atomic E-state index is 12.2. The topological polar surface area (TPSA) is 92.5 Å². The average Bonchev–Trinajstić information content (AvgIpc) is 3.04. The minimum Gasteiger partial charge on any atom is -0.344 e. The van der Waals surface area contributed by atoms with Gasteiger partial charge < -0.3 is 5.32 Å². The summed E-state index contributed by atoms with van der Waals surface area (Å²) >= 11 is 0. The number of para-hydroxylation sites is 1. The molecule has 1 aliphatic rings. The number of hydrazone groups is 1. The Kier molecular flexibility index (Phi) is 4.13. The van der Waals surface area contributed by atoms with Crippen molar-refractivity contribution < 1.29 is 9.59 Å². The normalized spacial score (nSPS) is 14.6. The lowest BCUT2D eigenvalue weighted by Gasteiger charge is -2.18. The molecule has 0 aliphatic carbocycles. The van der Waals surface area contributed by atoms with Crippen LogP contribution >= 0.6 is 0 Å². The summed E-state index contributed by atoms with van der Waals surface area (Å²) in [6.07, 6.45) is 2.24. The van der Waals surface area contributed by atoms with Gasteiger partial charge in [-0.15, -0.1) is 10.2 Å². The third kappa shape index (κ3) is 3.25. The maximum Gasteiger partial charge on any atom is 0.267 e. The number of amides is 2. The Labute approximate surface area is 132 Å². The summed E-state index contributed by atoms with van der Waals surface area (Å²) in [5.74, 6) is 0.225. The molecule has 3 rings (SSSR count). The number of aromatic nitrogens is 3. The first-order valence-electron chi connectivity index (χ1n) is 7.21. The number of hydrogen-bond acceptors (Lipinski definition) is 5. The molecule has 0 atom stereocenters. The molecule has 0 saturated heterocycles. The maximum atomic E-state index is 12.2. The Hall–Kier alpha value is -3.03. The van der Waals surface area contributed by atoms with Crippen molar-refractivity contribution in [3.63, 3.8) is 0 Å². The summed E-state index contributed by atoms with van der Waals surface area (Å²) < 4.78 is 1.80. The van der Waals surface area contributed by atoms with E-state index in [-0.39, 0.29) is 18.4 Å². The van der Waals surface area contributed by atoms with Crippen LogP contribution < -0.4 is 5.32 Å². The van der Waals surface area contributed by atoms with Crippen molar-refractivity contribution in [2.75, 3.05) is 7.05 Å². The predicted molar refractivity (Wildman–Crippen MR) is 82.6 cm³/mol. The summed E-state index contributed by atoms with van der Waals surface area (Å²) in [4.78, 5) is 23.5. The molecule has 0 saturated carbocycles. The molecule has 0 bridgehead atoms. The SMILES string of the molecule is CN1N=C(C(=O)NCc2nncn2-c2ccccc2)CCC1=O. The van der Waals surface area contributed by atoms with Gasteiger partial charge >= 0.3 is 0 Å². The van der Waals surface area contributed by atoms with E-state index in [9.17, 15) is 9.59 Å². The smallest absolute Gasteiger partial charge is 0.267 e. The second kappa shape index (κ2) is 6.39. The van der Waals surface area contributed by atoms with Gasteiger partial charge in [-0.05, 0) is 12.1 Å². The fourth-order valence-corrected chi connectivity index (χ4v) is 2.28. The van der Waals surface area contributed by atoms with Crippen molar-refractivity contribution in [1.82, 2.24) is 25.1 Å². The van der Waals surface area contributed by atoms with Gasteiger partial charge in [-0.25, -0.2) is 5.01 Å². The minimum atomic E-state index is -0.299. The molecule has 23 heavy (non-hydrogen) atoms. The Morgan fingerprint density at radius 1 is 1.26 bits per heavy atom. The van der Waals surface area contributed by atoms with Crippen molar-refractivity contribution in [3.05, 3.63) is 42.5 Å². The van der Waals surface area contributed by atoms with Gasteiger partial charge in [0.15, 0.2) is 5.82 Å². The molecule has 2 aromatic rings. The van der Waals surface area contributed by atoms with Gasteiger partial charge in [-0.2, -0.15) is 5.10 Å². The van der Waals surface area contributed by atoms with Crippen molar-refractivity contribution >= 4 is 17.5 Å². The van der Waals surface area contributed by atoms with Crippen LogP contribution in [0.3, 0.4) is 0 Å². The highest BCUT2D eigenvalue weighted by atomic mass is 16.2. The summed E-state index contributed by atoms with van der Waals surface area (Å²) in [7, 11) is 1.54. The molecule has 8 nitrogen and oxygen atoms in total. The molecule has 2 heterocycles. The first-order valence-corrected chi connectivity index (χ1v) is 7.21. The van der Waals surface area contributed by atoms with Gasteiger partial charge in [0.2, 0.25) is 5.91 Å². The van der Waals surface area contributed by atoms with Crippen LogP contribution in [0.5, 0.6) is 0 Å². The summed E-state index contributed by atoms with van der Waals surface area (Å²) in [6, 6.07) is 9.62. The van der Waals surface area contributed by atoms with Gasteiger partial charge in [-0.3, -0.25) is 14.2 Å². The number of rotatable bonds is 4. The van der Waals surface area contributed by atoms with Crippen molar-refractivity contribution in [1.29, 1.82) is 0 Å². The number of carbonyl (C=O) groups is 2. The molecular formula is C15H16N6O2. The van der Waals surface area contributed by atoms with E-state index in [2.05, 4.69) is 20.6 Å². The van der Waals surface area contributed by atoms with E-state index in [1.54, 1.807) is 17.9 Å². The molecule has 118 valence electrons. The second-order valence-corrected chi connectivity index (χ2v) is 5.10. The zero-order chi connectivity index (χ0) is 16.2. The van der Waals surface area contributed by atoms with Gasteiger partial charge in [0.05, 0.1) is 6.54 Å². The van der Waals surface area contributed by atoms with Crippen LogP contribution in [-0.2, 0) is 16.1 Å². The summed E-state index contributed by atoms with van der Waals surface area (Å²) in [6.45, 7) is 0.227. The van der Waals surface area contributed by atoms with Crippen molar-refractivity contribution in [2.24, 2.45) is 5.10 Å². The molecule has 8 heteroatoms. The van der Waals surface area contributed by atoms with E-state index < -0.39 is 0 Å². The molecule has 0 spiro atoms. The first kappa shape index (κ1) is 14.9. The van der Waals surface area contributed by atoms with Crippen molar-refractivity contribution in [3.8, 4) is 5.69 Å². The highest BCUT2D eigenvalue weighted by Crippen LogP contribution is 2.10. The Bertz CT molecular complexity index is 752. The largest absolute Gasteiger partial charge is 0.344 e. The van der Waals surface area contributed by atoms with E-state index in [0.717, 1.165) is 5.69 Å². The van der Waals surface area contributed by atoms with Gasteiger partial charge in [0, 0.05) is 25.6 Å². The molecule has 1 aromatic carbocycles. The third-order valence-electron chi connectivity index (χ3n) is 3.53. The number of carbonyl (C=O) groups excluding carboxylic acids is 2. The monoisotopic (exact) mass is 312 g/mol. The molecule has 1 aromatic heterocycles. The highest BCUT2D eigenvalue weighted by molar-refractivity contribution is 6.39. The molecule has 0 radical (unpaired) electrons. The quantitative estimate of drug-likeness (QED) is 0.889. The predicted octanol–water partition coefficient (Wildman–Crippen LogP) is 0.492. The fourth-order valence-electron chi connectivity index (χ4n) is 2.28. The van der Waals surface area contributed by atoms with E-state index >= 15 is 0 Å². The van der Waals surface area contributed by atoms with E-state index in [1.165, 1.54) is 5.01 Å². The molecule has 1 aliphatic heterocycles. The van der Waals surface area contributed by atoms with Crippen LogP contribution in [0.4, 0.5) is 0 Å². The van der Waals surface area contributed by atoms with E-state index in [1.807, 2.05) is 30.3 Å². The minimum absolute atomic E-state index is 0.0922. The van der Waals surface area contributed by atoms with Crippen LogP contribution in [0, 0.1) is 0 Å². The standard InChI is InChI=1S/C15H16N6O2/c1-20-14(22)8-7-12(19-20)15(23)16-9-13-18-17-10-21(13)11-5-3-2-4-6-11/h2-6,10H,7-9H2,1H3,(H,16,23). The molecule has 2 amide bonds. The Morgan fingerprint density at radius 3 is 2.78 bits per heavy atom. The fraction of sp³-hybridized carbons (Fsp3) is 0.267. The average molecular weight is 312 g/mol. The number of benzene rings is 1. The Balaban J connectivity index is 1.68. The molecule has 0 unspecified atom stereocenters. The van der Waals surface area contributed by atoms with Gasteiger partial charge in [0.1, 0.15) is 12.0 Å². The summed E-state index contributed by atoms with van der Waals surface area (Å²) in [5, 5.41) is 15.9. The van der Waals surface area contributed by atoms with Crippen LogP contribution in [0.2, 0.25) is 0 Å². The Morgan fingerprint density at radius 2 is 2.04 bits per heavy atom. The molecular weight excluding hydrogens is 296 g/mol. The zero-order valence-corrected chi connectivity index (χ0v) is 12.6. The van der Waals surface area contributed by atoms with Crippen LogP contribution in [0.25, 0.3) is 5.69 Å². The van der Waals surface area contributed by atoms with Crippen LogP contribution in [0.1, 0.15) is 18.7 Å². The van der Waals surface area contributed by atoms with Crippen LogP contribution in [0.15, 0.2) is 41.8 Å². The zero-order valence-electron chi connectivity index (χ0n) is 12.6. The number of nitrogens with zero attached hydrogens (tertiary/aromatic N) is 5. The molecule has 1 N–H and O–H groups in total. The lowest BCUT2D eigenvalue weighted by Crippen LogP contribution is -2.37.